The van der Waals surface area contributed by atoms with Gasteiger partial charge in [0.25, 0.3) is 0 Å². The molecule has 104 valence electrons. The van der Waals surface area contributed by atoms with Gasteiger partial charge >= 0.3 is 6.18 Å². The molecule has 0 amide bonds. The van der Waals surface area contributed by atoms with Crippen LogP contribution in [0.25, 0.3) is 0 Å². The molecule has 0 fully saturated rings. The molecule has 0 bridgehead atoms. The van der Waals surface area contributed by atoms with Crippen LogP contribution in [0.4, 0.5) is 13.2 Å². The summed E-state index contributed by atoms with van der Waals surface area (Å²) < 4.78 is 44.1. The smallest absolute Gasteiger partial charge is 0.425 e. The van der Waals surface area contributed by atoms with Crippen LogP contribution in [0.1, 0.15) is 36.0 Å². The number of hydrogen-bond acceptors (Lipinski definition) is 4. The van der Waals surface area contributed by atoms with Crippen LogP contribution in [0, 0.1) is 13.8 Å². The van der Waals surface area contributed by atoms with Crippen molar-refractivity contribution >= 4 is 0 Å². The molecule has 8 heteroatoms. The van der Waals surface area contributed by atoms with E-state index in [1.54, 1.807) is 20.8 Å². The highest BCUT2D eigenvalue weighted by atomic mass is 19.4. The Hall–Kier alpha value is -1.86. The van der Waals surface area contributed by atoms with Crippen LogP contribution in [-0.2, 0) is 12.7 Å². The molecular weight excluding hydrogens is 261 g/mol. The van der Waals surface area contributed by atoms with Crippen molar-refractivity contribution in [2.75, 3.05) is 0 Å². The summed E-state index contributed by atoms with van der Waals surface area (Å²) in [7, 11) is 0. The normalized spacial score (nSPS) is 13.8. The van der Waals surface area contributed by atoms with Gasteiger partial charge in [-0.15, -0.1) is 10.2 Å². The molecule has 0 aliphatic rings. The highest BCUT2D eigenvalue weighted by Crippen LogP contribution is 2.29. The Morgan fingerprint density at radius 2 is 2.00 bits per heavy atom. The number of alkyl halides is 3. The van der Waals surface area contributed by atoms with Crippen LogP contribution >= 0.6 is 0 Å². The van der Waals surface area contributed by atoms with Crippen LogP contribution < -0.4 is 0 Å². The molecule has 0 aliphatic carbocycles. The molecule has 2 aromatic heterocycles. The van der Waals surface area contributed by atoms with E-state index in [4.69, 9.17) is 4.42 Å². The molecule has 1 unspecified atom stereocenters. The molecule has 2 heterocycles. The molecule has 0 radical (unpaired) electrons. The van der Waals surface area contributed by atoms with Crippen LogP contribution in [0.15, 0.2) is 10.5 Å². The van der Waals surface area contributed by atoms with E-state index < -0.39 is 11.9 Å². The zero-order valence-corrected chi connectivity index (χ0v) is 10.7. The number of hydrogen-bond donors (Lipinski definition) is 0. The number of nitrogens with zero attached hydrogens (tertiary/aromatic N) is 4. The van der Waals surface area contributed by atoms with Crippen LogP contribution in [0.3, 0.4) is 0 Å². The van der Waals surface area contributed by atoms with Gasteiger partial charge in [0, 0.05) is 12.6 Å². The minimum absolute atomic E-state index is 0.208. The average Bonchev–Trinajstić information content (AvgIpc) is 2.85. The van der Waals surface area contributed by atoms with E-state index in [0.29, 0.717) is 17.5 Å². The van der Waals surface area contributed by atoms with Gasteiger partial charge in [-0.1, -0.05) is 6.92 Å². The van der Waals surface area contributed by atoms with Gasteiger partial charge in [-0.2, -0.15) is 18.3 Å². The summed E-state index contributed by atoms with van der Waals surface area (Å²) in [6.07, 6.45) is -4.43. The lowest BCUT2D eigenvalue weighted by atomic mass is 10.2. The van der Waals surface area contributed by atoms with Gasteiger partial charge in [-0.3, -0.25) is 4.68 Å². The predicted molar refractivity (Wildman–Crippen MR) is 59.4 cm³/mol. The van der Waals surface area contributed by atoms with E-state index in [1.807, 2.05) is 0 Å². The predicted octanol–water partition coefficient (Wildman–Crippen LogP) is 2.71. The second kappa shape index (κ2) is 4.67. The zero-order chi connectivity index (χ0) is 14.2. The Labute approximate surface area is 107 Å². The van der Waals surface area contributed by atoms with E-state index in [1.165, 1.54) is 4.68 Å². The first kappa shape index (κ1) is 13.6. The Balaban J connectivity index is 2.17. The SMILES string of the molecule is Cc1nnc(C(C)Cn2nc(C(F)(F)F)cc2C)o1. The molecule has 2 aromatic rings. The highest BCUT2D eigenvalue weighted by Gasteiger charge is 2.34. The average molecular weight is 274 g/mol. The van der Waals surface area contributed by atoms with Crippen molar-refractivity contribution in [1.29, 1.82) is 0 Å². The Bertz CT molecular complexity index is 573. The van der Waals surface area contributed by atoms with Gasteiger partial charge in [0.05, 0.1) is 12.5 Å². The van der Waals surface area contributed by atoms with Gasteiger partial charge in [-0.25, -0.2) is 0 Å². The molecule has 0 aromatic carbocycles. The summed E-state index contributed by atoms with van der Waals surface area (Å²) in [5.74, 6) is 0.608. The standard InChI is InChI=1S/C11H13F3N4O/c1-6(10-16-15-8(3)19-10)5-18-7(2)4-9(17-18)11(12,13)14/h4,6H,5H2,1-3H3. The molecule has 0 N–H and O–H groups in total. The van der Waals surface area contributed by atoms with E-state index in [2.05, 4.69) is 15.3 Å². The molecule has 5 nitrogen and oxygen atoms in total. The molecule has 0 saturated carbocycles. The first-order chi connectivity index (χ1) is 8.77. The summed E-state index contributed by atoms with van der Waals surface area (Å²) in [5, 5.41) is 11.1. The minimum atomic E-state index is -4.43. The minimum Gasteiger partial charge on any atom is -0.425 e. The maximum absolute atomic E-state index is 12.5. The van der Waals surface area contributed by atoms with E-state index in [0.717, 1.165) is 6.07 Å². The van der Waals surface area contributed by atoms with E-state index >= 15 is 0 Å². The third kappa shape index (κ3) is 2.94. The second-order valence-electron chi connectivity index (χ2n) is 4.41. The fourth-order valence-corrected chi connectivity index (χ4v) is 1.68. The van der Waals surface area contributed by atoms with Gasteiger partial charge in [0.15, 0.2) is 5.69 Å². The van der Waals surface area contributed by atoms with E-state index in [-0.39, 0.29) is 12.5 Å². The van der Waals surface area contributed by atoms with Crippen molar-refractivity contribution in [3.63, 3.8) is 0 Å². The van der Waals surface area contributed by atoms with Gasteiger partial charge in [0.2, 0.25) is 11.8 Å². The maximum Gasteiger partial charge on any atom is 0.435 e. The van der Waals surface area contributed by atoms with Gasteiger partial charge in [0.1, 0.15) is 0 Å². The largest absolute Gasteiger partial charge is 0.435 e. The fraction of sp³-hybridized carbons (Fsp3) is 0.545. The third-order valence-electron chi connectivity index (χ3n) is 2.68. The first-order valence-corrected chi connectivity index (χ1v) is 5.69. The van der Waals surface area contributed by atoms with Crippen LogP contribution in [-0.4, -0.2) is 20.0 Å². The van der Waals surface area contributed by atoms with Crippen molar-refractivity contribution in [1.82, 2.24) is 20.0 Å². The van der Waals surface area contributed by atoms with E-state index in [9.17, 15) is 13.2 Å². The summed E-state index contributed by atoms with van der Waals surface area (Å²) in [4.78, 5) is 0. The molecule has 19 heavy (non-hydrogen) atoms. The van der Waals surface area contributed by atoms with Crippen LogP contribution in [0.5, 0.6) is 0 Å². The first-order valence-electron chi connectivity index (χ1n) is 5.69. The molecule has 1 atom stereocenters. The maximum atomic E-state index is 12.5. The van der Waals surface area contributed by atoms with Crippen molar-refractivity contribution in [2.45, 2.75) is 39.4 Å². The van der Waals surface area contributed by atoms with Crippen molar-refractivity contribution < 1.29 is 17.6 Å². The molecule has 0 aliphatic heterocycles. The summed E-state index contributed by atoms with van der Waals surface area (Å²) in [6.45, 7) is 5.28. The quantitative estimate of drug-likeness (QED) is 0.863. The van der Waals surface area contributed by atoms with Crippen molar-refractivity contribution in [3.8, 4) is 0 Å². The Kier molecular flexibility index (Phi) is 3.34. The summed E-state index contributed by atoms with van der Waals surface area (Å²) >= 11 is 0. The lowest BCUT2D eigenvalue weighted by molar-refractivity contribution is -0.141. The highest BCUT2D eigenvalue weighted by molar-refractivity contribution is 5.12. The van der Waals surface area contributed by atoms with Crippen molar-refractivity contribution in [2.24, 2.45) is 0 Å². The number of halogens is 3. The lowest BCUT2D eigenvalue weighted by Crippen LogP contribution is -2.12. The molecule has 0 spiro atoms. The topological polar surface area (TPSA) is 56.7 Å². The Morgan fingerprint density at radius 1 is 1.32 bits per heavy atom. The summed E-state index contributed by atoms with van der Waals surface area (Å²) in [6, 6.07) is 1.02. The van der Waals surface area contributed by atoms with Gasteiger partial charge < -0.3 is 4.42 Å². The molecule has 2 rings (SSSR count). The number of aryl methyl sites for hydroxylation is 2. The van der Waals surface area contributed by atoms with Crippen molar-refractivity contribution in [3.05, 3.63) is 29.2 Å². The Morgan fingerprint density at radius 3 is 2.47 bits per heavy atom. The molecule has 0 saturated heterocycles. The zero-order valence-electron chi connectivity index (χ0n) is 10.7. The number of rotatable bonds is 3. The summed E-state index contributed by atoms with van der Waals surface area (Å²) in [5.41, 5.74) is -0.450. The third-order valence-corrected chi connectivity index (χ3v) is 2.68. The van der Waals surface area contributed by atoms with Gasteiger partial charge in [-0.05, 0) is 13.0 Å². The number of aromatic nitrogens is 4. The fourth-order valence-electron chi connectivity index (χ4n) is 1.68. The second-order valence-corrected chi connectivity index (χ2v) is 4.41. The van der Waals surface area contributed by atoms with Crippen LogP contribution in [0.2, 0.25) is 0 Å². The monoisotopic (exact) mass is 274 g/mol. The molecular formula is C11H13F3N4O. The lowest BCUT2D eigenvalue weighted by Gasteiger charge is -2.08.